The maximum atomic E-state index is 12.7. The second kappa shape index (κ2) is 9.84. The lowest BCUT2D eigenvalue weighted by Gasteiger charge is -2.21. The van der Waals surface area contributed by atoms with Crippen molar-refractivity contribution in [3.8, 4) is 0 Å². The van der Waals surface area contributed by atoms with E-state index in [9.17, 15) is 14.4 Å². The predicted molar refractivity (Wildman–Crippen MR) is 112 cm³/mol. The minimum Gasteiger partial charge on any atom is -0.465 e. The standard InChI is InChI=1S/C22H19ClN2O5/c1-2-29-21(27)13-25(17-6-4-3-5-7-17)20(26)14-30-22(28)16-8-10-18-15(12-16)9-11-19(23)24-18/h3-12H,2,13-14H2,1H3. The molecule has 0 unspecified atom stereocenters. The van der Waals surface area contributed by atoms with Crippen molar-refractivity contribution in [1.82, 2.24) is 4.98 Å². The third kappa shape index (κ3) is 5.33. The number of nitrogens with zero attached hydrogens (tertiary/aromatic N) is 2. The second-order valence-corrected chi connectivity index (χ2v) is 6.63. The number of anilines is 1. The highest BCUT2D eigenvalue weighted by molar-refractivity contribution is 6.29. The van der Waals surface area contributed by atoms with Gasteiger partial charge in [0, 0.05) is 11.1 Å². The van der Waals surface area contributed by atoms with Gasteiger partial charge in [0.1, 0.15) is 11.7 Å². The number of fused-ring (bicyclic) bond motifs is 1. The molecule has 154 valence electrons. The van der Waals surface area contributed by atoms with Crippen LogP contribution in [-0.4, -0.2) is 42.6 Å². The molecular weight excluding hydrogens is 408 g/mol. The largest absolute Gasteiger partial charge is 0.465 e. The molecule has 0 aliphatic carbocycles. The Morgan fingerprint density at radius 2 is 1.77 bits per heavy atom. The molecule has 0 fully saturated rings. The second-order valence-electron chi connectivity index (χ2n) is 6.24. The zero-order valence-electron chi connectivity index (χ0n) is 16.2. The van der Waals surface area contributed by atoms with Crippen molar-refractivity contribution in [3.63, 3.8) is 0 Å². The van der Waals surface area contributed by atoms with E-state index in [0.717, 1.165) is 0 Å². The van der Waals surface area contributed by atoms with Gasteiger partial charge in [0.25, 0.3) is 5.91 Å². The number of ether oxygens (including phenoxy) is 2. The fourth-order valence-corrected chi connectivity index (χ4v) is 2.94. The van der Waals surface area contributed by atoms with Gasteiger partial charge in [0.2, 0.25) is 0 Å². The molecule has 2 aromatic carbocycles. The molecule has 1 aromatic heterocycles. The zero-order valence-corrected chi connectivity index (χ0v) is 17.0. The van der Waals surface area contributed by atoms with Crippen LogP contribution in [0.1, 0.15) is 17.3 Å². The van der Waals surface area contributed by atoms with Crippen LogP contribution in [0, 0.1) is 0 Å². The highest BCUT2D eigenvalue weighted by atomic mass is 35.5. The predicted octanol–water partition coefficient (Wildman–Crippen LogP) is 3.64. The summed E-state index contributed by atoms with van der Waals surface area (Å²) >= 11 is 5.86. The van der Waals surface area contributed by atoms with Crippen molar-refractivity contribution >= 4 is 46.0 Å². The lowest BCUT2D eigenvalue weighted by Crippen LogP contribution is -2.39. The van der Waals surface area contributed by atoms with E-state index in [-0.39, 0.29) is 18.7 Å². The average Bonchev–Trinajstić information content (AvgIpc) is 2.76. The molecule has 8 heteroatoms. The first-order chi connectivity index (χ1) is 14.5. The first kappa shape index (κ1) is 21.3. The number of pyridine rings is 1. The summed E-state index contributed by atoms with van der Waals surface area (Å²) in [7, 11) is 0. The van der Waals surface area contributed by atoms with Crippen molar-refractivity contribution in [2.24, 2.45) is 0 Å². The summed E-state index contributed by atoms with van der Waals surface area (Å²) in [5.74, 6) is -1.76. The maximum Gasteiger partial charge on any atom is 0.338 e. The number of rotatable bonds is 7. The molecule has 0 aliphatic heterocycles. The molecule has 0 saturated carbocycles. The summed E-state index contributed by atoms with van der Waals surface area (Å²) in [6.45, 7) is 1.08. The number of carbonyl (C=O) groups excluding carboxylic acids is 3. The van der Waals surface area contributed by atoms with E-state index >= 15 is 0 Å². The van der Waals surface area contributed by atoms with Crippen LogP contribution in [0.3, 0.4) is 0 Å². The quantitative estimate of drug-likeness (QED) is 0.423. The van der Waals surface area contributed by atoms with E-state index in [4.69, 9.17) is 21.1 Å². The normalized spacial score (nSPS) is 10.5. The van der Waals surface area contributed by atoms with Crippen LogP contribution in [0.2, 0.25) is 5.15 Å². The molecule has 0 N–H and O–H groups in total. The molecule has 1 amide bonds. The molecule has 0 bridgehead atoms. The van der Waals surface area contributed by atoms with Gasteiger partial charge in [-0.25, -0.2) is 9.78 Å². The smallest absolute Gasteiger partial charge is 0.338 e. The minimum absolute atomic E-state index is 0.201. The SMILES string of the molecule is CCOC(=O)CN(C(=O)COC(=O)c1ccc2nc(Cl)ccc2c1)c1ccccc1. The highest BCUT2D eigenvalue weighted by Gasteiger charge is 2.21. The topological polar surface area (TPSA) is 85.8 Å². The number of carbonyl (C=O) groups is 3. The van der Waals surface area contributed by atoms with Crippen molar-refractivity contribution in [2.75, 3.05) is 24.7 Å². The molecule has 0 radical (unpaired) electrons. The summed E-state index contributed by atoms with van der Waals surface area (Å²) in [6, 6.07) is 16.8. The van der Waals surface area contributed by atoms with Crippen molar-refractivity contribution in [1.29, 1.82) is 0 Å². The van der Waals surface area contributed by atoms with E-state index in [1.807, 2.05) is 0 Å². The third-order valence-electron chi connectivity index (χ3n) is 4.18. The van der Waals surface area contributed by atoms with Crippen LogP contribution in [0.25, 0.3) is 10.9 Å². The Morgan fingerprint density at radius 3 is 2.50 bits per heavy atom. The van der Waals surface area contributed by atoms with Crippen LogP contribution in [0.15, 0.2) is 60.7 Å². The Bertz CT molecular complexity index is 1070. The van der Waals surface area contributed by atoms with Crippen LogP contribution in [-0.2, 0) is 19.1 Å². The van der Waals surface area contributed by atoms with Crippen molar-refractivity contribution < 1.29 is 23.9 Å². The van der Waals surface area contributed by atoms with Crippen LogP contribution < -0.4 is 4.90 Å². The van der Waals surface area contributed by atoms with Gasteiger partial charge in [-0.15, -0.1) is 0 Å². The van der Waals surface area contributed by atoms with Crippen LogP contribution in [0.4, 0.5) is 5.69 Å². The summed E-state index contributed by atoms with van der Waals surface area (Å²) in [5, 5.41) is 1.07. The van der Waals surface area contributed by atoms with Crippen LogP contribution in [0.5, 0.6) is 0 Å². The Labute approximate surface area is 178 Å². The third-order valence-corrected chi connectivity index (χ3v) is 4.39. The number of hydrogen-bond donors (Lipinski definition) is 0. The van der Waals surface area contributed by atoms with E-state index in [0.29, 0.717) is 21.7 Å². The van der Waals surface area contributed by atoms with Crippen molar-refractivity contribution in [2.45, 2.75) is 6.92 Å². The summed E-state index contributed by atoms with van der Waals surface area (Å²) in [4.78, 5) is 42.4. The van der Waals surface area contributed by atoms with Gasteiger partial charge >= 0.3 is 11.9 Å². The maximum absolute atomic E-state index is 12.7. The monoisotopic (exact) mass is 426 g/mol. The Balaban J connectivity index is 1.70. The Kier molecular flexibility index (Phi) is 6.98. The number of amides is 1. The fourth-order valence-electron chi connectivity index (χ4n) is 2.78. The first-order valence-corrected chi connectivity index (χ1v) is 9.60. The number of para-hydroxylation sites is 1. The summed E-state index contributed by atoms with van der Waals surface area (Å²) in [5.41, 5.74) is 1.41. The molecule has 0 aliphatic rings. The lowest BCUT2D eigenvalue weighted by atomic mass is 10.1. The molecule has 0 saturated heterocycles. The molecule has 1 heterocycles. The fraction of sp³-hybridized carbons (Fsp3) is 0.182. The molecule has 7 nitrogen and oxygen atoms in total. The molecule has 3 rings (SSSR count). The van der Waals surface area contributed by atoms with E-state index in [2.05, 4.69) is 4.98 Å². The first-order valence-electron chi connectivity index (χ1n) is 9.22. The lowest BCUT2D eigenvalue weighted by molar-refractivity contribution is -0.142. The summed E-state index contributed by atoms with van der Waals surface area (Å²) < 4.78 is 10.1. The van der Waals surface area contributed by atoms with Gasteiger partial charge in [-0.1, -0.05) is 29.8 Å². The molecule has 0 spiro atoms. The Hall–Kier alpha value is -3.45. The van der Waals surface area contributed by atoms with Crippen LogP contribution >= 0.6 is 11.6 Å². The van der Waals surface area contributed by atoms with E-state index < -0.39 is 24.5 Å². The molecular formula is C22H19ClN2O5. The van der Waals surface area contributed by atoms with Gasteiger partial charge in [-0.05, 0) is 49.4 Å². The number of halogens is 1. The number of hydrogen-bond acceptors (Lipinski definition) is 6. The molecule has 30 heavy (non-hydrogen) atoms. The van der Waals surface area contributed by atoms with Gasteiger partial charge in [0.15, 0.2) is 6.61 Å². The molecule has 3 aromatic rings. The molecule has 0 atom stereocenters. The van der Waals surface area contributed by atoms with E-state index in [1.165, 1.54) is 4.90 Å². The summed E-state index contributed by atoms with van der Waals surface area (Å²) in [6.07, 6.45) is 0. The van der Waals surface area contributed by atoms with Crippen molar-refractivity contribution in [3.05, 3.63) is 71.4 Å². The van der Waals surface area contributed by atoms with E-state index in [1.54, 1.807) is 67.6 Å². The van der Waals surface area contributed by atoms with Gasteiger partial charge in [-0.2, -0.15) is 0 Å². The zero-order chi connectivity index (χ0) is 21.5. The number of benzene rings is 2. The number of aromatic nitrogens is 1. The highest BCUT2D eigenvalue weighted by Crippen LogP contribution is 2.18. The minimum atomic E-state index is -0.663. The van der Waals surface area contributed by atoms with Gasteiger partial charge < -0.3 is 9.47 Å². The van der Waals surface area contributed by atoms with Gasteiger partial charge in [-0.3, -0.25) is 14.5 Å². The average molecular weight is 427 g/mol. The Morgan fingerprint density at radius 1 is 1.00 bits per heavy atom. The number of esters is 2. The van der Waals surface area contributed by atoms with Gasteiger partial charge in [0.05, 0.1) is 17.7 Å².